The Balaban J connectivity index is 1.97. The predicted molar refractivity (Wildman–Crippen MR) is 116 cm³/mol. The molecule has 1 amide bonds. The maximum absolute atomic E-state index is 13.2. The number of carbonyl (C=O) groups is 2. The van der Waals surface area contributed by atoms with E-state index in [9.17, 15) is 14.7 Å². The second-order valence-corrected chi connectivity index (χ2v) is 7.58. The first-order valence-corrected chi connectivity index (χ1v) is 10.2. The Morgan fingerprint density at radius 3 is 2.52 bits per heavy atom. The van der Waals surface area contributed by atoms with Crippen molar-refractivity contribution in [2.75, 3.05) is 6.54 Å². The van der Waals surface area contributed by atoms with Crippen LogP contribution in [0, 0.1) is 6.92 Å². The summed E-state index contributed by atoms with van der Waals surface area (Å²) in [5.74, 6) is -0.201. The first-order valence-electron chi connectivity index (χ1n) is 9.82. The lowest BCUT2D eigenvalue weighted by Crippen LogP contribution is -2.26. The van der Waals surface area contributed by atoms with Gasteiger partial charge in [0.1, 0.15) is 5.75 Å². The predicted octanol–water partition coefficient (Wildman–Crippen LogP) is 4.85. The molecule has 0 fully saturated rings. The number of aromatic nitrogens is 1. The molecule has 2 aromatic carbocycles. The van der Waals surface area contributed by atoms with Crippen LogP contribution in [0.25, 0.3) is 10.9 Å². The monoisotopic (exact) mass is 412 g/mol. The van der Waals surface area contributed by atoms with Gasteiger partial charge in [-0.15, -0.1) is 0 Å². The van der Waals surface area contributed by atoms with Crippen LogP contribution in [0.15, 0.2) is 42.5 Å². The maximum atomic E-state index is 13.2. The van der Waals surface area contributed by atoms with Crippen molar-refractivity contribution in [2.45, 2.75) is 39.5 Å². The van der Waals surface area contributed by atoms with E-state index in [1.807, 2.05) is 6.92 Å². The molecule has 1 heterocycles. The summed E-state index contributed by atoms with van der Waals surface area (Å²) >= 11 is 5.94. The Hall–Kier alpha value is -2.79. The number of amides is 1. The number of nitrogens with zero attached hydrogens (tertiary/aromatic N) is 1. The molecule has 0 unspecified atom stereocenters. The summed E-state index contributed by atoms with van der Waals surface area (Å²) in [7, 11) is 0. The smallest absolute Gasteiger partial charge is 0.262 e. The van der Waals surface area contributed by atoms with E-state index in [1.54, 1.807) is 47.0 Å². The van der Waals surface area contributed by atoms with Crippen LogP contribution in [0.2, 0.25) is 5.02 Å². The fraction of sp³-hybridized carbons (Fsp3) is 0.304. The van der Waals surface area contributed by atoms with Crippen LogP contribution in [-0.2, 0) is 11.2 Å². The van der Waals surface area contributed by atoms with Crippen LogP contribution in [0.5, 0.6) is 5.75 Å². The van der Waals surface area contributed by atoms with Gasteiger partial charge in [0.15, 0.2) is 0 Å². The van der Waals surface area contributed by atoms with Gasteiger partial charge in [0.2, 0.25) is 5.91 Å². The molecule has 0 bridgehead atoms. The van der Waals surface area contributed by atoms with Crippen LogP contribution in [0.1, 0.15) is 47.8 Å². The van der Waals surface area contributed by atoms with Gasteiger partial charge in [-0.3, -0.25) is 14.2 Å². The number of rotatable bonds is 7. The number of carbonyl (C=O) groups excluding carboxylic acids is 2. The number of phenols is 1. The number of benzene rings is 2. The Kier molecular flexibility index (Phi) is 6.60. The molecule has 0 radical (unpaired) electrons. The van der Waals surface area contributed by atoms with Crippen molar-refractivity contribution < 1.29 is 14.7 Å². The zero-order valence-electron chi connectivity index (χ0n) is 16.7. The molecule has 1 aromatic heterocycles. The Labute approximate surface area is 175 Å². The molecule has 0 spiro atoms. The number of hydrogen-bond acceptors (Lipinski definition) is 3. The molecule has 0 saturated heterocycles. The molecule has 3 rings (SSSR count). The second-order valence-electron chi connectivity index (χ2n) is 7.15. The third-order valence-electron chi connectivity index (χ3n) is 5.05. The van der Waals surface area contributed by atoms with Crippen LogP contribution < -0.4 is 5.32 Å². The number of hydrogen-bond donors (Lipinski definition) is 2. The number of aromatic hydroxyl groups is 1. The number of nitrogens with one attached hydrogen (secondary N) is 1. The highest BCUT2D eigenvalue weighted by Crippen LogP contribution is 2.30. The lowest BCUT2D eigenvalue weighted by atomic mass is 10.1. The van der Waals surface area contributed by atoms with E-state index in [0.717, 1.165) is 24.8 Å². The minimum atomic E-state index is -0.204. The first kappa shape index (κ1) is 20.9. The van der Waals surface area contributed by atoms with Crippen molar-refractivity contribution >= 4 is 34.3 Å². The SMILES string of the molecule is CCCCCNC(=O)Cc1c(C)n(C(=O)c2ccc(Cl)cc2)c2ccc(O)cc12. The van der Waals surface area contributed by atoms with E-state index in [2.05, 4.69) is 12.2 Å². The van der Waals surface area contributed by atoms with Gasteiger partial charge in [0.25, 0.3) is 5.91 Å². The summed E-state index contributed by atoms with van der Waals surface area (Å²) in [5, 5.41) is 14.2. The fourth-order valence-electron chi connectivity index (χ4n) is 3.50. The molecule has 0 aliphatic carbocycles. The Bertz CT molecular complexity index is 1040. The van der Waals surface area contributed by atoms with Crippen molar-refractivity contribution in [3.63, 3.8) is 0 Å². The third-order valence-corrected chi connectivity index (χ3v) is 5.30. The zero-order chi connectivity index (χ0) is 21.0. The Morgan fingerprint density at radius 1 is 1.10 bits per heavy atom. The van der Waals surface area contributed by atoms with E-state index >= 15 is 0 Å². The van der Waals surface area contributed by atoms with E-state index in [-0.39, 0.29) is 24.0 Å². The number of fused-ring (bicyclic) bond motifs is 1. The second kappa shape index (κ2) is 9.14. The normalized spacial score (nSPS) is 11.0. The summed E-state index contributed by atoms with van der Waals surface area (Å²) in [6, 6.07) is 11.6. The number of unbranched alkanes of at least 4 members (excludes halogenated alkanes) is 2. The van der Waals surface area contributed by atoms with Crippen LogP contribution >= 0.6 is 11.6 Å². The molecule has 6 heteroatoms. The third kappa shape index (κ3) is 4.62. The molecule has 3 aromatic rings. The fourth-order valence-corrected chi connectivity index (χ4v) is 3.63. The summed E-state index contributed by atoms with van der Waals surface area (Å²) in [5.41, 5.74) is 2.59. The minimum absolute atomic E-state index is 0.0921. The molecule has 152 valence electrons. The average molecular weight is 413 g/mol. The first-order chi connectivity index (χ1) is 13.9. The maximum Gasteiger partial charge on any atom is 0.262 e. The lowest BCUT2D eigenvalue weighted by Gasteiger charge is -2.08. The molecule has 2 N–H and O–H groups in total. The molecule has 29 heavy (non-hydrogen) atoms. The molecule has 0 aliphatic heterocycles. The van der Waals surface area contributed by atoms with Crippen LogP contribution in [0.4, 0.5) is 0 Å². The van der Waals surface area contributed by atoms with E-state index in [4.69, 9.17) is 11.6 Å². The topological polar surface area (TPSA) is 71.3 Å². The van der Waals surface area contributed by atoms with Crippen molar-refractivity contribution in [2.24, 2.45) is 0 Å². The lowest BCUT2D eigenvalue weighted by molar-refractivity contribution is -0.120. The highest BCUT2D eigenvalue weighted by Gasteiger charge is 2.21. The largest absolute Gasteiger partial charge is 0.508 e. The van der Waals surface area contributed by atoms with Gasteiger partial charge in [-0.05, 0) is 61.4 Å². The van der Waals surface area contributed by atoms with Crippen LogP contribution in [0.3, 0.4) is 0 Å². The molecular formula is C23H25ClN2O3. The van der Waals surface area contributed by atoms with Gasteiger partial charge in [-0.2, -0.15) is 0 Å². The molecule has 0 saturated carbocycles. The number of halogens is 1. The van der Waals surface area contributed by atoms with Gasteiger partial charge in [-0.1, -0.05) is 31.4 Å². The molecular weight excluding hydrogens is 388 g/mol. The molecule has 0 atom stereocenters. The minimum Gasteiger partial charge on any atom is -0.508 e. The van der Waals surface area contributed by atoms with Gasteiger partial charge < -0.3 is 10.4 Å². The summed E-state index contributed by atoms with van der Waals surface area (Å²) in [4.78, 5) is 25.6. The van der Waals surface area contributed by atoms with Crippen LogP contribution in [-0.4, -0.2) is 28.0 Å². The average Bonchev–Trinajstić information content (AvgIpc) is 2.96. The van der Waals surface area contributed by atoms with Gasteiger partial charge in [0.05, 0.1) is 11.9 Å². The van der Waals surface area contributed by atoms with Crippen molar-refractivity contribution in [3.8, 4) is 5.75 Å². The van der Waals surface area contributed by atoms with Crippen molar-refractivity contribution in [1.82, 2.24) is 9.88 Å². The zero-order valence-corrected chi connectivity index (χ0v) is 17.4. The summed E-state index contributed by atoms with van der Waals surface area (Å²) < 4.78 is 1.59. The summed E-state index contributed by atoms with van der Waals surface area (Å²) in [6.07, 6.45) is 3.26. The molecule has 0 aliphatic rings. The van der Waals surface area contributed by atoms with Gasteiger partial charge >= 0.3 is 0 Å². The standard InChI is InChI=1S/C23H25ClN2O3/c1-3-4-5-12-25-22(28)14-19-15(2)26(21-11-10-18(27)13-20(19)21)23(29)16-6-8-17(24)9-7-16/h6-11,13,27H,3-5,12,14H2,1-2H3,(H,25,28). The summed E-state index contributed by atoms with van der Waals surface area (Å²) in [6.45, 7) is 4.58. The highest BCUT2D eigenvalue weighted by molar-refractivity contribution is 6.30. The van der Waals surface area contributed by atoms with Gasteiger partial charge in [0, 0.05) is 28.2 Å². The Morgan fingerprint density at radius 2 is 1.83 bits per heavy atom. The molecule has 5 nitrogen and oxygen atoms in total. The van der Waals surface area contributed by atoms with E-state index in [0.29, 0.717) is 33.7 Å². The van der Waals surface area contributed by atoms with Crippen molar-refractivity contribution in [3.05, 3.63) is 64.3 Å². The van der Waals surface area contributed by atoms with Gasteiger partial charge in [-0.25, -0.2) is 0 Å². The number of phenolic OH excluding ortho intramolecular Hbond substituents is 1. The van der Waals surface area contributed by atoms with E-state index in [1.165, 1.54) is 0 Å². The quantitative estimate of drug-likeness (QED) is 0.545. The van der Waals surface area contributed by atoms with E-state index < -0.39 is 0 Å². The van der Waals surface area contributed by atoms with Crippen molar-refractivity contribution in [1.29, 1.82) is 0 Å². The highest BCUT2D eigenvalue weighted by atomic mass is 35.5.